The molecule has 0 spiro atoms. The van der Waals surface area contributed by atoms with Crippen LogP contribution in [0, 0.1) is 0 Å². The van der Waals surface area contributed by atoms with Crippen LogP contribution in [0.1, 0.15) is 25.3 Å². The van der Waals surface area contributed by atoms with E-state index in [1.54, 1.807) is 6.92 Å². The molecule has 0 aromatic heterocycles. The molecule has 1 fully saturated rings. The monoisotopic (exact) mass is 250 g/mol. The second-order valence-electron chi connectivity index (χ2n) is 4.32. The lowest BCUT2D eigenvalue weighted by Gasteiger charge is -2.12. The molecule has 0 bridgehead atoms. The van der Waals surface area contributed by atoms with E-state index < -0.39 is 11.9 Å². The van der Waals surface area contributed by atoms with E-state index in [4.69, 9.17) is 14.2 Å². The normalized spacial score (nSPS) is 21.4. The second kappa shape index (κ2) is 5.87. The summed E-state index contributed by atoms with van der Waals surface area (Å²) in [7, 11) is 0. The van der Waals surface area contributed by atoms with Gasteiger partial charge in [-0.1, -0.05) is 30.3 Å². The standard InChI is InChI=1S/C14H18O4/c1-2-16-13(15)18-14(11-17-14)10-6-9-12-7-4-3-5-8-12/h3-5,7-8H,2,6,9-11H2,1H3. The molecule has 1 unspecified atom stereocenters. The molecule has 0 N–H and O–H groups in total. The first kappa shape index (κ1) is 12.9. The van der Waals surface area contributed by atoms with Gasteiger partial charge in [0.1, 0.15) is 6.61 Å². The summed E-state index contributed by atoms with van der Waals surface area (Å²) < 4.78 is 15.1. The van der Waals surface area contributed by atoms with Crippen LogP contribution in [0.2, 0.25) is 0 Å². The van der Waals surface area contributed by atoms with Gasteiger partial charge in [-0.05, 0) is 25.3 Å². The number of hydrogen-bond donors (Lipinski definition) is 0. The molecule has 98 valence electrons. The molecule has 0 aliphatic carbocycles. The number of rotatable bonds is 6. The number of epoxide rings is 1. The van der Waals surface area contributed by atoms with Gasteiger partial charge in [0.2, 0.25) is 5.79 Å². The summed E-state index contributed by atoms with van der Waals surface area (Å²) in [5.74, 6) is -0.721. The Bertz CT molecular complexity index is 384. The van der Waals surface area contributed by atoms with Crippen molar-refractivity contribution < 1.29 is 19.0 Å². The van der Waals surface area contributed by atoms with E-state index >= 15 is 0 Å². The highest BCUT2D eigenvalue weighted by Crippen LogP contribution is 2.34. The van der Waals surface area contributed by atoms with E-state index in [-0.39, 0.29) is 0 Å². The zero-order valence-electron chi connectivity index (χ0n) is 10.6. The van der Waals surface area contributed by atoms with Gasteiger partial charge in [0, 0.05) is 6.42 Å². The first-order valence-corrected chi connectivity index (χ1v) is 6.28. The van der Waals surface area contributed by atoms with Crippen LogP contribution in [0.5, 0.6) is 0 Å². The molecule has 1 saturated heterocycles. The van der Waals surface area contributed by atoms with Gasteiger partial charge in [0.15, 0.2) is 0 Å². The van der Waals surface area contributed by atoms with Gasteiger partial charge in [-0.15, -0.1) is 0 Å². The van der Waals surface area contributed by atoms with E-state index in [1.807, 2.05) is 18.2 Å². The topological polar surface area (TPSA) is 48.1 Å². The second-order valence-corrected chi connectivity index (χ2v) is 4.32. The predicted octanol–water partition coefficient (Wildman–Crippen LogP) is 2.91. The summed E-state index contributed by atoms with van der Waals surface area (Å²) in [6, 6.07) is 10.2. The van der Waals surface area contributed by atoms with Crippen molar-refractivity contribution in [3.63, 3.8) is 0 Å². The van der Waals surface area contributed by atoms with Crippen molar-refractivity contribution in [3.05, 3.63) is 35.9 Å². The summed E-state index contributed by atoms with van der Waals surface area (Å²) in [6.45, 7) is 2.54. The van der Waals surface area contributed by atoms with Crippen molar-refractivity contribution in [2.75, 3.05) is 13.2 Å². The number of carbonyl (C=O) groups is 1. The minimum absolute atomic E-state index is 0.318. The highest BCUT2D eigenvalue weighted by Gasteiger charge is 2.49. The van der Waals surface area contributed by atoms with Crippen LogP contribution in [0.4, 0.5) is 4.79 Å². The molecule has 1 atom stereocenters. The molecule has 4 nitrogen and oxygen atoms in total. The highest BCUT2D eigenvalue weighted by molar-refractivity contribution is 5.60. The molecule has 1 aliphatic rings. The molecular formula is C14H18O4. The molecule has 1 heterocycles. The Kier molecular flexibility index (Phi) is 4.20. The van der Waals surface area contributed by atoms with Crippen LogP contribution in [0.25, 0.3) is 0 Å². The average molecular weight is 250 g/mol. The van der Waals surface area contributed by atoms with Gasteiger partial charge in [-0.2, -0.15) is 0 Å². The zero-order chi connectivity index (χ0) is 12.8. The molecule has 1 aromatic carbocycles. The third-order valence-corrected chi connectivity index (χ3v) is 2.86. The van der Waals surface area contributed by atoms with Gasteiger partial charge in [-0.3, -0.25) is 0 Å². The minimum atomic E-state index is -0.721. The quantitative estimate of drug-likeness (QED) is 0.575. The SMILES string of the molecule is CCOC(=O)OC1(CCCc2ccccc2)CO1. The number of ether oxygens (including phenoxy) is 3. The van der Waals surface area contributed by atoms with Crippen LogP contribution in [0.15, 0.2) is 30.3 Å². The summed E-state index contributed by atoms with van der Waals surface area (Å²) >= 11 is 0. The predicted molar refractivity (Wildman–Crippen MR) is 66.2 cm³/mol. The van der Waals surface area contributed by atoms with Crippen molar-refractivity contribution in [3.8, 4) is 0 Å². The van der Waals surface area contributed by atoms with Crippen molar-refractivity contribution in [2.45, 2.75) is 32.0 Å². The fourth-order valence-corrected chi connectivity index (χ4v) is 1.84. The molecule has 2 rings (SSSR count). The van der Waals surface area contributed by atoms with Crippen molar-refractivity contribution in [1.29, 1.82) is 0 Å². The Morgan fingerprint density at radius 1 is 1.39 bits per heavy atom. The Morgan fingerprint density at radius 2 is 2.11 bits per heavy atom. The van der Waals surface area contributed by atoms with Crippen LogP contribution >= 0.6 is 0 Å². The summed E-state index contributed by atoms with van der Waals surface area (Å²) in [5.41, 5.74) is 1.28. The number of hydrogen-bond acceptors (Lipinski definition) is 4. The van der Waals surface area contributed by atoms with E-state index in [0.29, 0.717) is 19.6 Å². The van der Waals surface area contributed by atoms with Crippen molar-refractivity contribution >= 4 is 6.16 Å². The Hall–Kier alpha value is -1.55. The van der Waals surface area contributed by atoms with Gasteiger partial charge >= 0.3 is 6.16 Å². The first-order chi connectivity index (χ1) is 8.74. The maximum absolute atomic E-state index is 11.2. The summed E-state index contributed by atoms with van der Waals surface area (Å²) in [6.07, 6.45) is 1.94. The summed E-state index contributed by atoms with van der Waals surface area (Å²) in [4.78, 5) is 11.2. The Balaban J connectivity index is 1.71. The lowest BCUT2D eigenvalue weighted by Crippen LogP contribution is -2.22. The molecule has 0 radical (unpaired) electrons. The molecule has 0 saturated carbocycles. The van der Waals surface area contributed by atoms with Gasteiger partial charge in [0.25, 0.3) is 0 Å². The first-order valence-electron chi connectivity index (χ1n) is 6.28. The van der Waals surface area contributed by atoms with Crippen LogP contribution in [-0.4, -0.2) is 25.2 Å². The maximum Gasteiger partial charge on any atom is 0.510 e. The zero-order valence-corrected chi connectivity index (χ0v) is 10.6. The molecule has 1 aliphatic heterocycles. The fourth-order valence-electron chi connectivity index (χ4n) is 1.84. The molecule has 4 heteroatoms. The number of aryl methyl sites for hydroxylation is 1. The minimum Gasteiger partial charge on any atom is -0.435 e. The van der Waals surface area contributed by atoms with E-state index in [1.165, 1.54) is 5.56 Å². The van der Waals surface area contributed by atoms with Crippen LogP contribution < -0.4 is 0 Å². The van der Waals surface area contributed by atoms with E-state index in [9.17, 15) is 4.79 Å². The lowest BCUT2D eigenvalue weighted by molar-refractivity contribution is -0.0378. The smallest absolute Gasteiger partial charge is 0.435 e. The van der Waals surface area contributed by atoms with Gasteiger partial charge in [0.05, 0.1) is 6.61 Å². The molecule has 1 aromatic rings. The average Bonchev–Trinajstić information content (AvgIpc) is 3.10. The van der Waals surface area contributed by atoms with Gasteiger partial charge < -0.3 is 14.2 Å². The number of benzene rings is 1. The molecule has 18 heavy (non-hydrogen) atoms. The Morgan fingerprint density at radius 3 is 2.72 bits per heavy atom. The van der Waals surface area contributed by atoms with Crippen molar-refractivity contribution in [2.24, 2.45) is 0 Å². The van der Waals surface area contributed by atoms with Crippen LogP contribution in [0.3, 0.4) is 0 Å². The highest BCUT2D eigenvalue weighted by atomic mass is 16.8. The van der Waals surface area contributed by atoms with Gasteiger partial charge in [-0.25, -0.2) is 4.79 Å². The molecule has 0 amide bonds. The largest absolute Gasteiger partial charge is 0.510 e. The number of carbonyl (C=O) groups excluding carboxylic acids is 1. The summed E-state index contributed by atoms with van der Waals surface area (Å²) in [5, 5.41) is 0. The van der Waals surface area contributed by atoms with Crippen molar-refractivity contribution in [1.82, 2.24) is 0 Å². The third-order valence-electron chi connectivity index (χ3n) is 2.86. The third kappa shape index (κ3) is 3.74. The Labute approximate surface area is 107 Å². The van der Waals surface area contributed by atoms with E-state index in [2.05, 4.69) is 12.1 Å². The maximum atomic E-state index is 11.2. The lowest BCUT2D eigenvalue weighted by atomic mass is 10.1. The van der Waals surface area contributed by atoms with E-state index in [0.717, 1.165) is 12.8 Å². The van der Waals surface area contributed by atoms with Crippen LogP contribution in [-0.2, 0) is 20.6 Å². The fraction of sp³-hybridized carbons (Fsp3) is 0.500. The molecular weight excluding hydrogens is 232 g/mol.